The smallest absolute Gasteiger partial charge is 0.338 e. The molecule has 0 spiro atoms. The molecule has 3 aromatic rings. The normalized spacial score (nSPS) is 15.2. The lowest BCUT2D eigenvalue weighted by Crippen LogP contribution is -2.40. The number of aromatic nitrogens is 1. The highest BCUT2D eigenvalue weighted by Gasteiger charge is 2.35. The predicted molar refractivity (Wildman–Crippen MR) is 142 cm³/mol. The van der Waals surface area contributed by atoms with Crippen LogP contribution >= 0.6 is 11.3 Å². The molecule has 9 heteroatoms. The predicted octanol–water partition coefficient (Wildman–Crippen LogP) is 3.22. The van der Waals surface area contributed by atoms with Crippen LogP contribution in [0.1, 0.15) is 37.4 Å². The molecule has 0 amide bonds. The van der Waals surface area contributed by atoms with E-state index in [1.165, 1.54) is 18.4 Å². The molecule has 194 valence electrons. The summed E-state index contributed by atoms with van der Waals surface area (Å²) in [6.07, 6.45) is 2.68. The zero-order chi connectivity index (χ0) is 26.4. The first-order valence-electron chi connectivity index (χ1n) is 12.0. The topological polar surface area (TPSA) is 88.4 Å². The van der Waals surface area contributed by atoms with Crippen LogP contribution < -0.4 is 24.4 Å². The fourth-order valence-electron chi connectivity index (χ4n) is 4.15. The zero-order valence-electron chi connectivity index (χ0n) is 21.4. The third kappa shape index (κ3) is 5.52. The quantitative estimate of drug-likeness (QED) is 0.300. The fourth-order valence-corrected chi connectivity index (χ4v) is 5.19. The third-order valence-electron chi connectivity index (χ3n) is 5.86. The van der Waals surface area contributed by atoms with Crippen LogP contribution in [0.4, 0.5) is 0 Å². The van der Waals surface area contributed by atoms with E-state index in [0.717, 1.165) is 12.0 Å². The van der Waals surface area contributed by atoms with Crippen molar-refractivity contribution < 1.29 is 23.7 Å². The second kappa shape index (κ2) is 12.0. The van der Waals surface area contributed by atoms with E-state index in [1.807, 2.05) is 55.5 Å². The standard InChI is InChI=1S/C28H30N2O6S/c1-5-14-35-21-12-8-6-10-19(21)17-23-26(31)30-25(20-11-7-9-13-22(20)34-4)24(18(2)29-28(30)37-23)27(32)36-16-15-33-3/h6-13,17,25H,5,14-16H2,1-4H3. The van der Waals surface area contributed by atoms with Crippen molar-refractivity contribution in [2.75, 3.05) is 34.0 Å². The summed E-state index contributed by atoms with van der Waals surface area (Å²) in [4.78, 5) is 32.3. The minimum atomic E-state index is -0.767. The van der Waals surface area contributed by atoms with Gasteiger partial charge in [0.1, 0.15) is 24.1 Å². The number of thiazole rings is 1. The van der Waals surface area contributed by atoms with Crippen LogP contribution in [-0.4, -0.2) is 44.6 Å². The number of benzene rings is 2. The van der Waals surface area contributed by atoms with E-state index in [-0.39, 0.29) is 24.3 Å². The number of para-hydroxylation sites is 2. The largest absolute Gasteiger partial charge is 0.496 e. The maximum atomic E-state index is 13.9. The molecule has 1 aliphatic heterocycles. The number of carbonyl (C=O) groups is 1. The summed E-state index contributed by atoms with van der Waals surface area (Å²) >= 11 is 1.27. The van der Waals surface area contributed by atoms with Crippen LogP contribution in [0.2, 0.25) is 0 Å². The lowest BCUT2D eigenvalue weighted by Gasteiger charge is -2.26. The van der Waals surface area contributed by atoms with Crippen molar-refractivity contribution in [3.8, 4) is 11.5 Å². The molecular formula is C28H30N2O6S. The Hall–Kier alpha value is -3.69. The molecule has 0 bridgehead atoms. The van der Waals surface area contributed by atoms with E-state index < -0.39 is 12.0 Å². The van der Waals surface area contributed by atoms with Crippen molar-refractivity contribution in [3.05, 3.63) is 90.6 Å². The molecule has 37 heavy (non-hydrogen) atoms. The average molecular weight is 523 g/mol. The minimum Gasteiger partial charge on any atom is -0.496 e. The summed E-state index contributed by atoms with van der Waals surface area (Å²) in [7, 11) is 3.09. The van der Waals surface area contributed by atoms with E-state index in [0.29, 0.717) is 38.7 Å². The second-order valence-corrected chi connectivity index (χ2v) is 9.35. The van der Waals surface area contributed by atoms with Crippen LogP contribution in [0.15, 0.2) is 69.6 Å². The van der Waals surface area contributed by atoms with Crippen molar-refractivity contribution in [3.63, 3.8) is 0 Å². The van der Waals surface area contributed by atoms with Gasteiger partial charge in [0.05, 0.1) is 36.1 Å². The summed E-state index contributed by atoms with van der Waals surface area (Å²) in [5.74, 6) is 0.703. The van der Waals surface area contributed by atoms with Crippen molar-refractivity contribution in [1.29, 1.82) is 0 Å². The van der Waals surface area contributed by atoms with Crippen LogP contribution in [0.5, 0.6) is 11.5 Å². The lowest BCUT2D eigenvalue weighted by atomic mass is 9.95. The third-order valence-corrected chi connectivity index (χ3v) is 6.85. The summed E-state index contributed by atoms with van der Waals surface area (Å²) in [5.41, 5.74) is 1.96. The van der Waals surface area contributed by atoms with E-state index >= 15 is 0 Å². The van der Waals surface area contributed by atoms with Crippen molar-refractivity contribution in [2.45, 2.75) is 26.3 Å². The molecule has 0 fully saturated rings. The number of hydrogen-bond donors (Lipinski definition) is 0. The molecule has 1 unspecified atom stereocenters. The van der Waals surface area contributed by atoms with Gasteiger partial charge in [-0.2, -0.15) is 0 Å². The first kappa shape index (κ1) is 26.4. The number of hydrogen-bond acceptors (Lipinski definition) is 8. The zero-order valence-corrected chi connectivity index (χ0v) is 22.2. The van der Waals surface area contributed by atoms with E-state index in [4.69, 9.17) is 18.9 Å². The van der Waals surface area contributed by atoms with E-state index in [2.05, 4.69) is 4.99 Å². The van der Waals surface area contributed by atoms with Gasteiger partial charge in [-0.05, 0) is 31.6 Å². The molecule has 0 saturated heterocycles. The van der Waals surface area contributed by atoms with Gasteiger partial charge >= 0.3 is 5.97 Å². The Labute approximate surface area is 219 Å². The molecule has 0 radical (unpaired) electrons. The molecule has 1 aromatic heterocycles. The van der Waals surface area contributed by atoms with Crippen LogP contribution in [0.25, 0.3) is 6.08 Å². The van der Waals surface area contributed by atoms with Crippen LogP contribution in [0.3, 0.4) is 0 Å². The highest BCUT2D eigenvalue weighted by molar-refractivity contribution is 7.07. The maximum Gasteiger partial charge on any atom is 0.338 e. The minimum absolute atomic E-state index is 0.0870. The molecule has 8 nitrogen and oxygen atoms in total. The number of esters is 1. The molecule has 4 rings (SSSR count). The summed E-state index contributed by atoms with van der Waals surface area (Å²) < 4.78 is 24.0. The number of carbonyl (C=O) groups excluding carboxylic acids is 1. The summed E-state index contributed by atoms with van der Waals surface area (Å²) in [6, 6.07) is 14.2. The van der Waals surface area contributed by atoms with Crippen LogP contribution in [0, 0.1) is 0 Å². The van der Waals surface area contributed by atoms with Gasteiger partial charge in [0.25, 0.3) is 5.56 Å². The Morgan fingerprint density at radius 2 is 1.78 bits per heavy atom. The monoisotopic (exact) mass is 522 g/mol. The van der Waals surface area contributed by atoms with E-state index in [9.17, 15) is 9.59 Å². The fraction of sp³-hybridized carbons (Fsp3) is 0.321. The SMILES string of the molecule is CCCOc1ccccc1C=c1sc2n(c1=O)C(c1ccccc1OC)C(C(=O)OCCOC)=C(C)N=2. The molecule has 0 saturated carbocycles. The highest BCUT2D eigenvalue weighted by atomic mass is 32.1. The molecule has 2 aromatic carbocycles. The average Bonchev–Trinajstić information content (AvgIpc) is 3.21. The van der Waals surface area contributed by atoms with Crippen molar-refractivity contribution in [1.82, 2.24) is 4.57 Å². The van der Waals surface area contributed by atoms with Gasteiger partial charge in [0.2, 0.25) is 0 Å². The van der Waals surface area contributed by atoms with Gasteiger partial charge in [0.15, 0.2) is 4.80 Å². The molecular weight excluding hydrogens is 492 g/mol. The van der Waals surface area contributed by atoms with Gasteiger partial charge in [-0.1, -0.05) is 54.7 Å². The Kier molecular flexibility index (Phi) is 8.58. The van der Waals surface area contributed by atoms with Gasteiger partial charge < -0.3 is 18.9 Å². The number of nitrogens with zero attached hydrogens (tertiary/aromatic N) is 2. The maximum absolute atomic E-state index is 13.9. The Morgan fingerprint density at radius 3 is 2.51 bits per heavy atom. The Balaban J connectivity index is 1.90. The molecule has 1 aliphatic rings. The van der Waals surface area contributed by atoms with Crippen molar-refractivity contribution in [2.24, 2.45) is 4.99 Å². The van der Waals surface area contributed by atoms with Gasteiger partial charge in [-0.3, -0.25) is 9.36 Å². The summed E-state index contributed by atoms with van der Waals surface area (Å²) in [6.45, 7) is 4.72. The molecule has 0 N–H and O–H groups in total. The number of ether oxygens (including phenoxy) is 4. The molecule has 2 heterocycles. The first-order chi connectivity index (χ1) is 18.0. The lowest BCUT2D eigenvalue weighted by molar-refractivity contribution is -0.140. The van der Waals surface area contributed by atoms with Crippen LogP contribution in [-0.2, 0) is 14.3 Å². The second-order valence-electron chi connectivity index (χ2n) is 8.34. The Bertz CT molecular complexity index is 1490. The van der Waals surface area contributed by atoms with Crippen molar-refractivity contribution >= 4 is 23.4 Å². The van der Waals surface area contributed by atoms with Gasteiger partial charge in [-0.25, -0.2) is 9.79 Å². The number of allylic oxidation sites excluding steroid dienone is 1. The summed E-state index contributed by atoms with van der Waals surface area (Å²) in [5, 5.41) is 0. The molecule has 0 aliphatic carbocycles. The van der Waals surface area contributed by atoms with E-state index in [1.54, 1.807) is 24.7 Å². The van der Waals surface area contributed by atoms with Gasteiger partial charge in [0, 0.05) is 18.2 Å². The molecule has 1 atom stereocenters. The number of rotatable bonds is 10. The highest BCUT2D eigenvalue weighted by Crippen LogP contribution is 2.35. The van der Waals surface area contributed by atoms with Gasteiger partial charge in [-0.15, -0.1) is 0 Å². The first-order valence-corrected chi connectivity index (χ1v) is 12.8. The number of fused-ring (bicyclic) bond motifs is 1. The number of methoxy groups -OCH3 is 2. The Morgan fingerprint density at radius 1 is 1.05 bits per heavy atom.